The largest absolute Gasteiger partial charge is 0.493 e. The summed E-state index contributed by atoms with van der Waals surface area (Å²) < 4.78 is 5.67. The minimum absolute atomic E-state index is 0.0575. The number of aromatic nitrogens is 1. The lowest BCUT2D eigenvalue weighted by Crippen LogP contribution is -2.51. The minimum atomic E-state index is -0.576. The van der Waals surface area contributed by atoms with Gasteiger partial charge >= 0.3 is 6.03 Å². The summed E-state index contributed by atoms with van der Waals surface area (Å²) in [7, 11) is 0. The van der Waals surface area contributed by atoms with Crippen LogP contribution in [0.25, 0.3) is 0 Å². The second-order valence-electron chi connectivity index (χ2n) is 7.81. The molecule has 0 saturated carbocycles. The summed E-state index contributed by atoms with van der Waals surface area (Å²) >= 11 is 0. The number of likely N-dealkylation sites (tertiary alicyclic amines) is 1. The molecule has 1 aromatic heterocycles. The van der Waals surface area contributed by atoms with Crippen LogP contribution in [0.4, 0.5) is 10.5 Å². The smallest absolute Gasteiger partial charge is 0.321 e. The number of carbonyl (C=O) groups excluding carboxylic acids is 2. The molecule has 1 saturated heterocycles. The molecule has 2 aromatic rings. The number of hydrogen-bond acceptors (Lipinski definition) is 5. The van der Waals surface area contributed by atoms with Crippen molar-refractivity contribution in [2.24, 2.45) is 11.7 Å². The van der Waals surface area contributed by atoms with E-state index in [1.807, 2.05) is 24.3 Å². The number of nitrogens with zero attached hydrogens (tertiary/aromatic N) is 2. The van der Waals surface area contributed by atoms with Crippen LogP contribution in [-0.4, -0.2) is 54.1 Å². The molecule has 30 heavy (non-hydrogen) atoms. The van der Waals surface area contributed by atoms with Crippen LogP contribution in [0.15, 0.2) is 48.8 Å². The summed E-state index contributed by atoms with van der Waals surface area (Å²) in [6.07, 6.45) is 4.67. The van der Waals surface area contributed by atoms with E-state index in [0.29, 0.717) is 44.8 Å². The van der Waals surface area contributed by atoms with Crippen molar-refractivity contribution < 1.29 is 14.3 Å². The fourth-order valence-electron chi connectivity index (χ4n) is 4.05. The molecule has 0 radical (unpaired) electrons. The van der Waals surface area contributed by atoms with Gasteiger partial charge in [-0.15, -0.1) is 0 Å². The number of nitrogens with one attached hydrogen (secondary N) is 2. The summed E-state index contributed by atoms with van der Waals surface area (Å²) in [5, 5.41) is 5.85. The molecule has 0 spiro atoms. The molecule has 1 fully saturated rings. The molecular formula is C22H27N5O3. The Balaban J connectivity index is 1.22. The Morgan fingerprint density at radius 3 is 2.67 bits per heavy atom. The number of hydrogen-bond donors (Lipinski definition) is 3. The molecule has 0 aliphatic carbocycles. The average molecular weight is 409 g/mol. The SMILES string of the molecule is NC(C(=O)NCC1COc2ccccc21)C1CCN(C(=O)Nc2ccncc2)CC1. The lowest BCUT2D eigenvalue weighted by Gasteiger charge is -2.34. The maximum absolute atomic E-state index is 12.6. The second-order valence-corrected chi connectivity index (χ2v) is 7.81. The second kappa shape index (κ2) is 9.13. The van der Waals surface area contributed by atoms with Crippen LogP contribution in [0.1, 0.15) is 24.3 Å². The van der Waals surface area contributed by atoms with Crippen molar-refractivity contribution in [1.82, 2.24) is 15.2 Å². The number of anilines is 1. The highest BCUT2D eigenvalue weighted by molar-refractivity contribution is 5.89. The Bertz CT molecular complexity index is 883. The van der Waals surface area contributed by atoms with Crippen LogP contribution >= 0.6 is 0 Å². The molecule has 8 heteroatoms. The number of pyridine rings is 1. The van der Waals surface area contributed by atoms with Crippen LogP contribution in [-0.2, 0) is 4.79 Å². The summed E-state index contributed by atoms with van der Waals surface area (Å²) in [6.45, 7) is 2.23. The van der Waals surface area contributed by atoms with Gasteiger partial charge in [-0.2, -0.15) is 0 Å². The Hall–Kier alpha value is -3.13. The zero-order chi connectivity index (χ0) is 20.9. The molecule has 2 unspecified atom stereocenters. The van der Waals surface area contributed by atoms with E-state index in [0.717, 1.165) is 11.3 Å². The first kappa shape index (κ1) is 20.2. The van der Waals surface area contributed by atoms with Crippen LogP contribution in [0.5, 0.6) is 5.75 Å². The topological polar surface area (TPSA) is 110 Å². The molecule has 2 aliphatic heterocycles. The van der Waals surface area contributed by atoms with Crippen molar-refractivity contribution in [1.29, 1.82) is 0 Å². The van der Waals surface area contributed by atoms with Crippen molar-refractivity contribution in [3.63, 3.8) is 0 Å². The van der Waals surface area contributed by atoms with E-state index in [-0.39, 0.29) is 23.8 Å². The quantitative estimate of drug-likeness (QED) is 0.699. The van der Waals surface area contributed by atoms with Gasteiger partial charge in [0, 0.05) is 49.2 Å². The highest BCUT2D eigenvalue weighted by Gasteiger charge is 2.31. The monoisotopic (exact) mass is 409 g/mol. The summed E-state index contributed by atoms with van der Waals surface area (Å²) in [6, 6.07) is 10.7. The van der Waals surface area contributed by atoms with Gasteiger partial charge in [0.05, 0.1) is 12.6 Å². The van der Waals surface area contributed by atoms with Gasteiger partial charge < -0.3 is 26.0 Å². The van der Waals surface area contributed by atoms with Gasteiger partial charge in [-0.05, 0) is 37.0 Å². The molecule has 8 nitrogen and oxygen atoms in total. The van der Waals surface area contributed by atoms with E-state index in [4.69, 9.17) is 10.5 Å². The normalized spacial score (nSPS) is 19.5. The Kier molecular flexibility index (Phi) is 6.13. The molecule has 3 amide bonds. The molecule has 2 aliphatic rings. The van der Waals surface area contributed by atoms with E-state index in [1.165, 1.54) is 0 Å². The number of benzene rings is 1. The van der Waals surface area contributed by atoms with E-state index < -0.39 is 6.04 Å². The maximum Gasteiger partial charge on any atom is 0.321 e. The first-order valence-corrected chi connectivity index (χ1v) is 10.3. The number of piperidine rings is 1. The lowest BCUT2D eigenvalue weighted by molar-refractivity contribution is -0.123. The predicted molar refractivity (Wildman–Crippen MR) is 113 cm³/mol. The Morgan fingerprint density at radius 2 is 1.90 bits per heavy atom. The van der Waals surface area contributed by atoms with Crippen LogP contribution in [0.2, 0.25) is 0 Å². The van der Waals surface area contributed by atoms with Crippen molar-refractivity contribution in [3.05, 3.63) is 54.4 Å². The number of ether oxygens (including phenoxy) is 1. The Labute approximate surface area is 175 Å². The number of nitrogens with two attached hydrogens (primary N) is 1. The molecule has 1 aromatic carbocycles. The maximum atomic E-state index is 12.6. The number of urea groups is 1. The van der Waals surface area contributed by atoms with Crippen molar-refractivity contribution in [2.45, 2.75) is 24.8 Å². The van der Waals surface area contributed by atoms with Gasteiger partial charge in [0.25, 0.3) is 0 Å². The van der Waals surface area contributed by atoms with Gasteiger partial charge in [0.2, 0.25) is 5.91 Å². The third-order valence-electron chi connectivity index (χ3n) is 5.89. The highest BCUT2D eigenvalue weighted by atomic mass is 16.5. The highest BCUT2D eigenvalue weighted by Crippen LogP contribution is 2.32. The van der Waals surface area contributed by atoms with Gasteiger partial charge in [-0.3, -0.25) is 9.78 Å². The van der Waals surface area contributed by atoms with Gasteiger partial charge in [0.1, 0.15) is 5.75 Å². The minimum Gasteiger partial charge on any atom is -0.493 e. The van der Waals surface area contributed by atoms with Crippen LogP contribution in [0, 0.1) is 5.92 Å². The van der Waals surface area contributed by atoms with Gasteiger partial charge in [-0.1, -0.05) is 18.2 Å². The third-order valence-corrected chi connectivity index (χ3v) is 5.89. The molecule has 4 rings (SSSR count). The van der Waals surface area contributed by atoms with E-state index in [1.54, 1.807) is 29.4 Å². The molecule has 0 bridgehead atoms. The molecule has 158 valence electrons. The molecule has 2 atom stereocenters. The predicted octanol–water partition coefficient (Wildman–Crippen LogP) is 1.95. The Morgan fingerprint density at radius 1 is 1.17 bits per heavy atom. The first-order valence-electron chi connectivity index (χ1n) is 10.3. The third kappa shape index (κ3) is 4.54. The first-order chi connectivity index (χ1) is 14.6. The van der Waals surface area contributed by atoms with Crippen molar-refractivity contribution in [3.8, 4) is 5.75 Å². The summed E-state index contributed by atoms with van der Waals surface area (Å²) in [5.74, 6) is 0.954. The number of amides is 3. The van der Waals surface area contributed by atoms with E-state index >= 15 is 0 Å². The number of rotatable bonds is 5. The van der Waals surface area contributed by atoms with E-state index in [2.05, 4.69) is 15.6 Å². The summed E-state index contributed by atoms with van der Waals surface area (Å²) in [5.41, 5.74) is 8.09. The van der Waals surface area contributed by atoms with E-state index in [9.17, 15) is 9.59 Å². The van der Waals surface area contributed by atoms with Crippen molar-refractivity contribution in [2.75, 3.05) is 31.6 Å². The van der Waals surface area contributed by atoms with Crippen LogP contribution < -0.4 is 21.1 Å². The zero-order valence-electron chi connectivity index (χ0n) is 16.8. The zero-order valence-corrected chi connectivity index (χ0v) is 16.8. The number of para-hydroxylation sites is 1. The fourth-order valence-corrected chi connectivity index (χ4v) is 4.05. The number of fused-ring (bicyclic) bond motifs is 1. The molecule has 3 heterocycles. The van der Waals surface area contributed by atoms with Crippen molar-refractivity contribution >= 4 is 17.6 Å². The molecular weight excluding hydrogens is 382 g/mol. The van der Waals surface area contributed by atoms with Gasteiger partial charge in [0.15, 0.2) is 0 Å². The van der Waals surface area contributed by atoms with Gasteiger partial charge in [-0.25, -0.2) is 4.79 Å². The fraction of sp³-hybridized carbons (Fsp3) is 0.409. The lowest BCUT2D eigenvalue weighted by atomic mass is 9.89. The number of carbonyl (C=O) groups is 2. The summed E-state index contributed by atoms with van der Waals surface area (Å²) in [4.78, 5) is 30.7. The van der Waals surface area contributed by atoms with Crippen LogP contribution in [0.3, 0.4) is 0 Å². The average Bonchev–Trinajstić information content (AvgIpc) is 3.21. The molecule has 4 N–H and O–H groups in total. The standard InChI is InChI=1S/C22H27N5O3/c23-20(21(28)25-13-16-14-30-19-4-2-1-3-18(16)19)15-7-11-27(12-8-15)22(29)26-17-5-9-24-10-6-17/h1-6,9-10,15-16,20H,7-8,11-14,23H2,(H,25,28)(H,24,26,29).